The molecule has 3 nitrogen and oxygen atoms in total. The van der Waals surface area contributed by atoms with Gasteiger partial charge in [-0.05, 0) is 12.3 Å². The third-order valence-electron chi connectivity index (χ3n) is 4.50. The fourth-order valence-corrected chi connectivity index (χ4v) is 3.35. The predicted octanol–water partition coefficient (Wildman–Crippen LogP) is 1.41. The number of nitrogens with one attached hydrogen (secondary N) is 1. The van der Waals surface area contributed by atoms with Crippen LogP contribution in [0.3, 0.4) is 0 Å². The maximum absolute atomic E-state index is 9.38. The van der Waals surface area contributed by atoms with E-state index in [2.05, 4.69) is 33.0 Å². The molecule has 1 saturated carbocycles. The monoisotopic (exact) mass is 227 g/mol. The number of hydrogen-bond donors (Lipinski definition) is 2. The molecule has 3 unspecified atom stereocenters. The molecule has 0 spiro atoms. The summed E-state index contributed by atoms with van der Waals surface area (Å²) < 4.78 is 5.77. The highest BCUT2D eigenvalue weighted by atomic mass is 16.5. The third kappa shape index (κ3) is 1.79. The molecule has 2 N–H and O–H groups in total. The predicted molar refractivity (Wildman–Crippen MR) is 64.3 cm³/mol. The molecule has 4 atom stereocenters. The van der Waals surface area contributed by atoms with Crippen LogP contribution in [0.4, 0.5) is 0 Å². The molecular weight excluding hydrogens is 202 g/mol. The Morgan fingerprint density at radius 1 is 1.44 bits per heavy atom. The van der Waals surface area contributed by atoms with Crippen molar-refractivity contribution in [2.75, 3.05) is 13.2 Å². The van der Waals surface area contributed by atoms with E-state index in [9.17, 15) is 5.11 Å². The summed E-state index contributed by atoms with van der Waals surface area (Å²) in [4.78, 5) is 0. The van der Waals surface area contributed by atoms with E-state index in [1.54, 1.807) is 0 Å². The summed E-state index contributed by atoms with van der Waals surface area (Å²) >= 11 is 0. The first kappa shape index (κ1) is 12.3. The molecule has 0 radical (unpaired) electrons. The number of ether oxygens (including phenoxy) is 1. The van der Waals surface area contributed by atoms with Gasteiger partial charge in [0.25, 0.3) is 0 Å². The van der Waals surface area contributed by atoms with Crippen molar-refractivity contribution < 1.29 is 9.84 Å². The van der Waals surface area contributed by atoms with Crippen LogP contribution in [0.25, 0.3) is 0 Å². The smallest absolute Gasteiger partial charge is 0.0685 e. The summed E-state index contributed by atoms with van der Waals surface area (Å²) in [5.74, 6) is 1.13. The molecule has 0 amide bonds. The second-order valence-corrected chi connectivity index (χ2v) is 6.24. The van der Waals surface area contributed by atoms with Gasteiger partial charge in [-0.15, -0.1) is 0 Å². The lowest BCUT2D eigenvalue weighted by molar-refractivity contribution is -0.118. The van der Waals surface area contributed by atoms with Gasteiger partial charge in [-0.25, -0.2) is 0 Å². The number of fused-ring (bicyclic) bond motifs is 1. The SMILES string of the molecule is CC(C)[C@@H](CO)NC1C2CCOC2C1(C)C. The van der Waals surface area contributed by atoms with Crippen LogP contribution in [0.2, 0.25) is 0 Å². The molecule has 2 aliphatic rings. The molecule has 0 aromatic carbocycles. The molecule has 1 aliphatic carbocycles. The van der Waals surface area contributed by atoms with Crippen LogP contribution in [0.5, 0.6) is 0 Å². The van der Waals surface area contributed by atoms with Crippen molar-refractivity contribution in [2.45, 2.75) is 52.3 Å². The van der Waals surface area contributed by atoms with Gasteiger partial charge < -0.3 is 15.2 Å². The molecule has 1 saturated heterocycles. The first-order valence-electron chi connectivity index (χ1n) is 6.47. The zero-order valence-electron chi connectivity index (χ0n) is 10.9. The van der Waals surface area contributed by atoms with Crippen LogP contribution in [0.1, 0.15) is 34.1 Å². The van der Waals surface area contributed by atoms with Crippen molar-refractivity contribution >= 4 is 0 Å². The molecule has 2 rings (SSSR count). The average molecular weight is 227 g/mol. The standard InChI is InChI=1S/C13H25NO2/c1-8(2)10(7-15)14-11-9-5-6-16-12(9)13(11,3)4/h8-12,14-15H,5-7H2,1-4H3/t9?,10-,11?,12?/m1/s1. The normalized spacial score (nSPS) is 38.2. The van der Waals surface area contributed by atoms with Gasteiger partial charge in [-0.2, -0.15) is 0 Å². The van der Waals surface area contributed by atoms with Crippen LogP contribution >= 0.6 is 0 Å². The van der Waals surface area contributed by atoms with E-state index in [0.717, 1.165) is 6.61 Å². The Bertz CT molecular complexity index is 252. The maximum Gasteiger partial charge on any atom is 0.0685 e. The molecule has 3 heteroatoms. The quantitative estimate of drug-likeness (QED) is 0.763. The average Bonchev–Trinajstić information content (AvgIpc) is 2.64. The zero-order chi connectivity index (χ0) is 11.9. The minimum absolute atomic E-state index is 0.212. The Morgan fingerprint density at radius 3 is 2.69 bits per heavy atom. The van der Waals surface area contributed by atoms with Crippen molar-refractivity contribution in [3.8, 4) is 0 Å². The molecule has 0 aromatic heterocycles. The number of rotatable bonds is 4. The fourth-order valence-electron chi connectivity index (χ4n) is 3.35. The topological polar surface area (TPSA) is 41.5 Å². The number of aliphatic hydroxyl groups excluding tert-OH is 1. The molecule has 16 heavy (non-hydrogen) atoms. The molecule has 0 aromatic rings. The second-order valence-electron chi connectivity index (χ2n) is 6.24. The lowest BCUT2D eigenvalue weighted by Gasteiger charge is -2.56. The van der Waals surface area contributed by atoms with Crippen LogP contribution in [-0.4, -0.2) is 36.5 Å². The van der Waals surface area contributed by atoms with E-state index in [1.165, 1.54) is 6.42 Å². The lowest BCUT2D eigenvalue weighted by atomic mass is 9.57. The zero-order valence-corrected chi connectivity index (χ0v) is 10.9. The Kier molecular flexibility index (Phi) is 3.30. The highest BCUT2D eigenvalue weighted by molar-refractivity contribution is 5.11. The highest BCUT2D eigenvalue weighted by Crippen LogP contribution is 2.52. The van der Waals surface area contributed by atoms with Gasteiger partial charge in [0, 0.05) is 30.0 Å². The Hall–Kier alpha value is -0.120. The van der Waals surface area contributed by atoms with E-state index in [-0.39, 0.29) is 18.1 Å². The van der Waals surface area contributed by atoms with Crippen LogP contribution < -0.4 is 5.32 Å². The Morgan fingerprint density at radius 2 is 2.12 bits per heavy atom. The van der Waals surface area contributed by atoms with Crippen LogP contribution in [0.15, 0.2) is 0 Å². The lowest BCUT2D eigenvalue weighted by Crippen LogP contribution is -2.68. The first-order valence-corrected chi connectivity index (χ1v) is 6.47. The van der Waals surface area contributed by atoms with Crippen molar-refractivity contribution in [2.24, 2.45) is 17.3 Å². The van der Waals surface area contributed by atoms with E-state index < -0.39 is 0 Å². The summed E-state index contributed by atoms with van der Waals surface area (Å²) in [6.45, 7) is 9.98. The molecule has 1 heterocycles. The summed E-state index contributed by atoms with van der Waals surface area (Å²) in [7, 11) is 0. The molecular formula is C13H25NO2. The van der Waals surface area contributed by atoms with Gasteiger partial charge in [0.15, 0.2) is 0 Å². The number of aliphatic hydroxyl groups is 1. The minimum Gasteiger partial charge on any atom is -0.395 e. The molecule has 1 aliphatic heterocycles. The summed E-state index contributed by atoms with van der Waals surface area (Å²) in [5.41, 5.74) is 0.212. The van der Waals surface area contributed by atoms with Gasteiger partial charge >= 0.3 is 0 Å². The third-order valence-corrected chi connectivity index (χ3v) is 4.50. The van der Waals surface area contributed by atoms with Gasteiger partial charge in [0.2, 0.25) is 0 Å². The van der Waals surface area contributed by atoms with Crippen molar-refractivity contribution in [1.82, 2.24) is 5.32 Å². The van der Waals surface area contributed by atoms with E-state index >= 15 is 0 Å². The molecule has 0 bridgehead atoms. The van der Waals surface area contributed by atoms with E-state index in [4.69, 9.17) is 4.74 Å². The number of hydrogen-bond acceptors (Lipinski definition) is 3. The maximum atomic E-state index is 9.38. The molecule has 2 fully saturated rings. The van der Waals surface area contributed by atoms with E-state index in [0.29, 0.717) is 24.0 Å². The second kappa shape index (κ2) is 4.28. The first-order chi connectivity index (χ1) is 7.48. The fraction of sp³-hybridized carbons (Fsp3) is 1.00. The van der Waals surface area contributed by atoms with E-state index in [1.807, 2.05) is 0 Å². The van der Waals surface area contributed by atoms with Crippen LogP contribution in [0, 0.1) is 17.3 Å². The van der Waals surface area contributed by atoms with Crippen molar-refractivity contribution in [3.63, 3.8) is 0 Å². The summed E-state index contributed by atoms with van der Waals surface area (Å²) in [6, 6.07) is 0.713. The Balaban J connectivity index is 1.99. The summed E-state index contributed by atoms with van der Waals surface area (Å²) in [6.07, 6.45) is 1.60. The van der Waals surface area contributed by atoms with Crippen molar-refractivity contribution in [1.29, 1.82) is 0 Å². The molecule has 94 valence electrons. The van der Waals surface area contributed by atoms with Crippen LogP contribution in [-0.2, 0) is 4.74 Å². The van der Waals surface area contributed by atoms with Gasteiger partial charge in [-0.1, -0.05) is 27.7 Å². The highest BCUT2D eigenvalue weighted by Gasteiger charge is 2.59. The Labute approximate surface area is 98.6 Å². The largest absolute Gasteiger partial charge is 0.395 e. The minimum atomic E-state index is 0.212. The summed E-state index contributed by atoms with van der Waals surface area (Å²) in [5, 5.41) is 13.0. The van der Waals surface area contributed by atoms with Gasteiger partial charge in [-0.3, -0.25) is 0 Å². The van der Waals surface area contributed by atoms with Gasteiger partial charge in [0.05, 0.1) is 12.7 Å². The van der Waals surface area contributed by atoms with Gasteiger partial charge in [0.1, 0.15) is 0 Å². The van der Waals surface area contributed by atoms with Crippen molar-refractivity contribution in [3.05, 3.63) is 0 Å².